The highest BCUT2D eigenvalue weighted by atomic mass is 16.5. The van der Waals surface area contributed by atoms with Crippen LogP contribution < -0.4 is 15.9 Å². The second kappa shape index (κ2) is 7.84. The SMILES string of the molecule is Nc1ccc2c(c1)CN(CCCOc1ccc3c(=O)c4ccccc4oc3c1)CC2. The number of para-hydroxylation sites is 1. The Kier molecular flexibility index (Phi) is 4.89. The molecule has 3 aromatic carbocycles. The molecule has 30 heavy (non-hydrogen) atoms. The normalized spacial score (nSPS) is 14.1. The van der Waals surface area contributed by atoms with Crippen LogP contribution >= 0.6 is 0 Å². The van der Waals surface area contributed by atoms with Gasteiger partial charge in [-0.25, -0.2) is 0 Å². The first-order chi connectivity index (χ1) is 14.7. The molecular formula is C25H24N2O3. The molecule has 0 saturated heterocycles. The molecule has 5 rings (SSSR count). The van der Waals surface area contributed by atoms with Crippen molar-refractivity contribution in [2.24, 2.45) is 0 Å². The van der Waals surface area contributed by atoms with Gasteiger partial charge >= 0.3 is 0 Å². The third kappa shape index (κ3) is 3.64. The lowest BCUT2D eigenvalue weighted by molar-refractivity contribution is 0.221. The van der Waals surface area contributed by atoms with Gasteiger partial charge in [-0.3, -0.25) is 9.69 Å². The van der Waals surface area contributed by atoms with E-state index in [1.165, 1.54) is 11.1 Å². The van der Waals surface area contributed by atoms with Crippen molar-refractivity contribution in [2.75, 3.05) is 25.4 Å². The third-order valence-corrected chi connectivity index (χ3v) is 5.76. The second-order valence-electron chi connectivity index (χ2n) is 7.84. The van der Waals surface area contributed by atoms with E-state index in [4.69, 9.17) is 14.9 Å². The quantitative estimate of drug-likeness (QED) is 0.306. The maximum Gasteiger partial charge on any atom is 0.200 e. The summed E-state index contributed by atoms with van der Waals surface area (Å²) < 4.78 is 11.9. The highest BCUT2D eigenvalue weighted by Crippen LogP contribution is 2.24. The molecule has 0 radical (unpaired) electrons. The Hall–Kier alpha value is -3.31. The van der Waals surface area contributed by atoms with Crippen molar-refractivity contribution in [1.29, 1.82) is 0 Å². The van der Waals surface area contributed by atoms with E-state index in [1.54, 1.807) is 12.1 Å². The lowest BCUT2D eigenvalue weighted by Crippen LogP contribution is -2.32. The molecule has 2 N–H and O–H groups in total. The van der Waals surface area contributed by atoms with Crippen LogP contribution in [0, 0.1) is 0 Å². The fourth-order valence-electron chi connectivity index (χ4n) is 4.18. The fraction of sp³-hybridized carbons (Fsp3) is 0.240. The van der Waals surface area contributed by atoms with E-state index in [0.717, 1.165) is 43.9 Å². The van der Waals surface area contributed by atoms with Gasteiger partial charge < -0.3 is 14.9 Å². The number of ether oxygens (including phenoxy) is 1. The molecule has 0 saturated carbocycles. The molecule has 0 aliphatic carbocycles. The Labute approximate surface area is 174 Å². The number of nitrogen functional groups attached to an aromatic ring is 1. The summed E-state index contributed by atoms with van der Waals surface area (Å²) in [4.78, 5) is 15.1. The van der Waals surface area contributed by atoms with E-state index in [9.17, 15) is 4.79 Å². The Morgan fingerprint density at radius 3 is 2.77 bits per heavy atom. The van der Waals surface area contributed by atoms with Crippen molar-refractivity contribution in [3.05, 3.63) is 82.0 Å². The van der Waals surface area contributed by atoms with Gasteiger partial charge in [-0.2, -0.15) is 0 Å². The molecule has 1 aliphatic heterocycles. The van der Waals surface area contributed by atoms with Gasteiger partial charge in [0.25, 0.3) is 0 Å². The van der Waals surface area contributed by atoms with E-state index in [1.807, 2.05) is 36.4 Å². The third-order valence-electron chi connectivity index (χ3n) is 5.76. The summed E-state index contributed by atoms with van der Waals surface area (Å²) >= 11 is 0. The number of rotatable bonds is 5. The summed E-state index contributed by atoms with van der Waals surface area (Å²) in [5.41, 5.74) is 10.6. The minimum atomic E-state index is -0.00980. The van der Waals surface area contributed by atoms with Crippen LogP contribution in [0.1, 0.15) is 17.5 Å². The number of hydrogen-bond donors (Lipinski definition) is 1. The minimum absolute atomic E-state index is 0.00980. The van der Waals surface area contributed by atoms with E-state index in [2.05, 4.69) is 17.0 Å². The van der Waals surface area contributed by atoms with Crippen LogP contribution in [0.5, 0.6) is 5.75 Å². The lowest BCUT2D eigenvalue weighted by atomic mass is 9.99. The zero-order valence-electron chi connectivity index (χ0n) is 16.8. The number of fused-ring (bicyclic) bond motifs is 3. The molecule has 0 fully saturated rings. The molecule has 0 unspecified atom stereocenters. The molecule has 1 aliphatic rings. The van der Waals surface area contributed by atoms with Gasteiger partial charge in [0.2, 0.25) is 5.43 Å². The van der Waals surface area contributed by atoms with E-state index < -0.39 is 0 Å². The molecule has 1 aromatic heterocycles. The van der Waals surface area contributed by atoms with Crippen molar-refractivity contribution in [2.45, 2.75) is 19.4 Å². The standard InChI is InChI=1S/C25H24N2O3/c26-19-7-6-17-10-12-27(16-18(17)14-19)11-3-13-29-20-8-9-22-24(15-20)30-23-5-2-1-4-21(23)25(22)28/h1-2,4-9,14-15H,3,10-13,16,26H2. The van der Waals surface area contributed by atoms with Crippen molar-refractivity contribution < 1.29 is 9.15 Å². The summed E-state index contributed by atoms with van der Waals surface area (Å²) in [7, 11) is 0. The molecule has 0 spiro atoms. The molecule has 2 heterocycles. The average molecular weight is 400 g/mol. The maximum atomic E-state index is 12.6. The van der Waals surface area contributed by atoms with Crippen molar-refractivity contribution >= 4 is 27.6 Å². The summed E-state index contributed by atoms with van der Waals surface area (Å²) in [6, 6.07) is 19.0. The Morgan fingerprint density at radius 2 is 1.83 bits per heavy atom. The monoisotopic (exact) mass is 400 g/mol. The molecule has 0 amide bonds. The van der Waals surface area contributed by atoms with Gasteiger partial charge in [0.15, 0.2) is 0 Å². The zero-order chi connectivity index (χ0) is 20.5. The molecule has 0 atom stereocenters. The Morgan fingerprint density at radius 1 is 0.967 bits per heavy atom. The van der Waals surface area contributed by atoms with Gasteiger partial charge in [-0.15, -0.1) is 0 Å². The van der Waals surface area contributed by atoms with E-state index >= 15 is 0 Å². The maximum absolute atomic E-state index is 12.6. The van der Waals surface area contributed by atoms with Crippen LogP contribution in [0.25, 0.3) is 21.9 Å². The van der Waals surface area contributed by atoms with Crippen LogP contribution in [-0.2, 0) is 13.0 Å². The van der Waals surface area contributed by atoms with Crippen LogP contribution in [-0.4, -0.2) is 24.6 Å². The summed E-state index contributed by atoms with van der Waals surface area (Å²) in [5, 5.41) is 1.18. The Balaban J connectivity index is 1.22. The van der Waals surface area contributed by atoms with Crippen LogP contribution in [0.2, 0.25) is 0 Å². The molecule has 4 aromatic rings. The number of nitrogens with two attached hydrogens (primary N) is 1. The van der Waals surface area contributed by atoms with Gasteiger partial charge in [0.1, 0.15) is 16.9 Å². The fourth-order valence-corrected chi connectivity index (χ4v) is 4.18. The number of hydrogen-bond acceptors (Lipinski definition) is 5. The molecule has 5 nitrogen and oxygen atoms in total. The van der Waals surface area contributed by atoms with Crippen LogP contribution in [0.3, 0.4) is 0 Å². The number of anilines is 1. The van der Waals surface area contributed by atoms with Crippen molar-refractivity contribution in [3.8, 4) is 5.75 Å². The van der Waals surface area contributed by atoms with Gasteiger partial charge in [0, 0.05) is 31.4 Å². The van der Waals surface area contributed by atoms with Crippen molar-refractivity contribution in [3.63, 3.8) is 0 Å². The lowest BCUT2D eigenvalue weighted by Gasteiger charge is -2.28. The predicted octanol–water partition coefficient (Wildman–Crippen LogP) is 4.36. The highest BCUT2D eigenvalue weighted by molar-refractivity contribution is 5.90. The van der Waals surface area contributed by atoms with Gasteiger partial charge in [0.05, 0.1) is 17.4 Å². The largest absolute Gasteiger partial charge is 0.493 e. The summed E-state index contributed by atoms with van der Waals surface area (Å²) in [5.74, 6) is 0.720. The number of nitrogens with zero attached hydrogens (tertiary/aromatic N) is 1. The predicted molar refractivity (Wildman–Crippen MR) is 120 cm³/mol. The van der Waals surface area contributed by atoms with Crippen LogP contribution in [0.15, 0.2) is 69.9 Å². The molecule has 0 bridgehead atoms. The molecule has 152 valence electrons. The second-order valence-corrected chi connectivity index (χ2v) is 7.84. The van der Waals surface area contributed by atoms with Gasteiger partial charge in [-0.1, -0.05) is 18.2 Å². The summed E-state index contributed by atoms with van der Waals surface area (Å²) in [6.45, 7) is 3.59. The first-order valence-corrected chi connectivity index (χ1v) is 10.4. The minimum Gasteiger partial charge on any atom is -0.493 e. The molecular weight excluding hydrogens is 376 g/mol. The summed E-state index contributed by atoms with van der Waals surface area (Å²) in [6.07, 6.45) is 1.99. The van der Waals surface area contributed by atoms with E-state index in [0.29, 0.717) is 28.5 Å². The topological polar surface area (TPSA) is 68.7 Å². The first-order valence-electron chi connectivity index (χ1n) is 10.4. The Bertz CT molecular complexity index is 1280. The zero-order valence-corrected chi connectivity index (χ0v) is 16.8. The average Bonchev–Trinajstić information content (AvgIpc) is 2.76. The molecule has 5 heteroatoms. The smallest absolute Gasteiger partial charge is 0.200 e. The first kappa shape index (κ1) is 18.7. The highest BCUT2D eigenvalue weighted by Gasteiger charge is 2.16. The van der Waals surface area contributed by atoms with E-state index in [-0.39, 0.29) is 5.43 Å². The van der Waals surface area contributed by atoms with Crippen LogP contribution in [0.4, 0.5) is 5.69 Å². The van der Waals surface area contributed by atoms with Gasteiger partial charge in [-0.05, 0) is 60.4 Å². The number of benzene rings is 3. The van der Waals surface area contributed by atoms with Crippen molar-refractivity contribution in [1.82, 2.24) is 4.90 Å².